The van der Waals surface area contributed by atoms with E-state index in [4.69, 9.17) is 25.8 Å². The summed E-state index contributed by atoms with van der Waals surface area (Å²) in [7, 11) is 0. The van der Waals surface area contributed by atoms with Crippen LogP contribution in [0, 0.1) is 0 Å². The highest BCUT2D eigenvalue weighted by molar-refractivity contribution is 6.30. The molecule has 5 heteroatoms. The molecule has 0 radical (unpaired) electrons. The van der Waals surface area contributed by atoms with Gasteiger partial charge in [0.1, 0.15) is 12.4 Å². The second-order valence-electron chi connectivity index (χ2n) is 6.22. The van der Waals surface area contributed by atoms with Crippen LogP contribution in [-0.2, 0) is 15.9 Å². The van der Waals surface area contributed by atoms with E-state index < -0.39 is 0 Å². The van der Waals surface area contributed by atoms with Gasteiger partial charge < -0.3 is 14.2 Å². The third kappa shape index (κ3) is 6.44. The summed E-state index contributed by atoms with van der Waals surface area (Å²) in [6, 6.07) is 5.66. The number of nitrogens with zero attached hydrogens (tertiary/aromatic N) is 1. The SMILES string of the molecule is C=CCc1cc(Cl)ccc1OCCOCCN1C[C@@H](C)O[C@@H](C)C1. The molecule has 4 nitrogen and oxygen atoms in total. The number of rotatable bonds is 9. The van der Waals surface area contributed by atoms with E-state index in [9.17, 15) is 0 Å². The van der Waals surface area contributed by atoms with E-state index in [-0.39, 0.29) is 0 Å². The van der Waals surface area contributed by atoms with Gasteiger partial charge in [-0.3, -0.25) is 4.90 Å². The number of allylic oxidation sites excluding steroid dienone is 1. The molecule has 1 saturated heterocycles. The summed E-state index contributed by atoms with van der Waals surface area (Å²) in [6.45, 7) is 12.7. The van der Waals surface area contributed by atoms with Gasteiger partial charge in [0.15, 0.2) is 0 Å². The Labute approximate surface area is 150 Å². The predicted octanol–water partition coefficient (Wildman–Crippen LogP) is 3.57. The minimum absolute atomic E-state index is 0.297. The second kappa shape index (κ2) is 10.0. The Morgan fingerprint density at radius 3 is 2.71 bits per heavy atom. The fourth-order valence-corrected chi connectivity index (χ4v) is 3.17. The fraction of sp³-hybridized carbons (Fsp3) is 0.579. The molecule has 1 heterocycles. The molecule has 0 aliphatic carbocycles. The number of hydrogen-bond donors (Lipinski definition) is 0. The first-order chi connectivity index (χ1) is 11.6. The van der Waals surface area contributed by atoms with E-state index in [2.05, 4.69) is 25.3 Å². The highest BCUT2D eigenvalue weighted by Crippen LogP contribution is 2.23. The Balaban J connectivity index is 1.64. The van der Waals surface area contributed by atoms with Crippen molar-refractivity contribution in [1.82, 2.24) is 4.90 Å². The molecular formula is C19H28ClNO3. The van der Waals surface area contributed by atoms with Crippen LogP contribution >= 0.6 is 11.6 Å². The molecule has 0 amide bonds. The summed E-state index contributed by atoms with van der Waals surface area (Å²) in [4.78, 5) is 2.39. The lowest BCUT2D eigenvalue weighted by atomic mass is 10.1. The maximum absolute atomic E-state index is 6.02. The maximum atomic E-state index is 6.02. The number of hydrogen-bond acceptors (Lipinski definition) is 4. The monoisotopic (exact) mass is 353 g/mol. The highest BCUT2D eigenvalue weighted by Gasteiger charge is 2.21. The number of morpholine rings is 1. The van der Waals surface area contributed by atoms with E-state index >= 15 is 0 Å². The lowest BCUT2D eigenvalue weighted by molar-refractivity contribution is -0.0734. The van der Waals surface area contributed by atoms with Crippen LogP contribution < -0.4 is 4.74 Å². The summed E-state index contributed by atoms with van der Waals surface area (Å²) < 4.78 is 17.2. The Morgan fingerprint density at radius 1 is 1.25 bits per heavy atom. The zero-order chi connectivity index (χ0) is 17.4. The molecule has 134 valence electrons. The van der Waals surface area contributed by atoms with Gasteiger partial charge in [0.25, 0.3) is 0 Å². The molecule has 1 aliphatic heterocycles. The van der Waals surface area contributed by atoms with Gasteiger partial charge in [0.2, 0.25) is 0 Å². The molecule has 0 unspecified atom stereocenters. The molecule has 0 saturated carbocycles. The van der Waals surface area contributed by atoms with Crippen molar-refractivity contribution in [2.75, 3.05) is 39.5 Å². The Hall–Kier alpha value is -1.07. The average Bonchev–Trinajstić information content (AvgIpc) is 2.52. The van der Waals surface area contributed by atoms with Gasteiger partial charge in [-0.15, -0.1) is 6.58 Å². The summed E-state index contributed by atoms with van der Waals surface area (Å²) >= 11 is 6.02. The quantitative estimate of drug-likeness (QED) is 0.501. The molecule has 0 bridgehead atoms. The molecule has 0 aromatic heterocycles. The zero-order valence-electron chi connectivity index (χ0n) is 14.7. The normalized spacial score (nSPS) is 21.6. The standard InChI is InChI=1S/C19H28ClNO3/c1-4-5-17-12-18(20)6-7-19(17)23-11-10-22-9-8-21-13-15(2)24-16(3)14-21/h4,6-7,12,15-16H,1,5,8-11,13-14H2,2-3H3/t15-,16+. The minimum Gasteiger partial charge on any atom is -0.491 e. The van der Waals surface area contributed by atoms with Crippen LogP contribution in [-0.4, -0.2) is 56.6 Å². The van der Waals surface area contributed by atoms with Crippen molar-refractivity contribution in [1.29, 1.82) is 0 Å². The third-order valence-corrected chi connectivity index (χ3v) is 4.15. The van der Waals surface area contributed by atoms with Gasteiger partial charge in [-0.2, -0.15) is 0 Å². The van der Waals surface area contributed by atoms with Crippen LogP contribution in [0.1, 0.15) is 19.4 Å². The van der Waals surface area contributed by atoms with Gasteiger partial charge in [-0.05, 0) is 44.0 Å². The smallest absolute Gasteiger partial charge is 0.123 e. The second-order valence-corrected chi connectivity index (χ2v) is 6.66. The molecule has 1 aromatic rings. The Morgan fingerprint density at radius 2 is 2.00 bits per heavy atom. The van der Waals surface area contributed by atoms with Crippen molar-refractivity contribution >= 4 is 11.6 Å². The molecule has 2 atom stereocenters. The van der Waals surface area contributed by atoms with E-state index in [0.717, 1.165) is 37.4 Å². The number of benzene rings is 1. The van der Waals surface area contributed by atoms with Crippen LogP contribution in [0.4, 0.5) is 0 Å². The molecule has 1 fully saturated rings. The van der Waals surface area contributed by atoms with E-state index in [1.165, 1.54) is 0 Å². The molecular weight excluding hydrogens is 326 g/mol. The van der Waals surface area contributed by atoms with E-state index in [1.54, 1.807) is 0 Å². The zero-order valence-corrected chi connectivity index (χ0v) is 15.4. The van der Waals surface area contributed by atoms with E-state index in [1.807, 2.05) is 24.3 Å². The molecule has 0 spiro atoms. The lowest BCUT2D eigenvalue weighted by Crippen LogP contribution is -2.46. The van der Waals surface area contributed by atoms with Crippen molar-refractivity contribution in [3.8, 4) is 5.75 Å². The van der Waals surface area contributed by atoms with Crippen molar-refractivity contribution in [3.05, 3.63) is 41.4 Å². The van der Waals surface area contributed by atoms with Crippen molar-refractivity contribution in [2.45, 2.75) is 32.5 Å². The number of halogens is 1. The van der Waals surface area contributed by atoms with Crippen LogP contribution in [0.25, 0.3) is 0 Å². The maximum Gasteiger partial charge on any atom is 0.123 e. The Bertz CT molecular complexity index is 513. The minimum atomic E-state index is 0.297. The number of ether oxygens (including phenoxy) is 3. The summed E-state index contributed by atoms with van der Waals surface area (Å²) in [6.07, 6.45) is 3.18. The third-order valence-electron chi connectivity index (χ3n) is 3.92. The summed E-state index contributed by atoms with van der Waals surface area (Å²) in [5.74, 6) is 0.846. The Kier molecular flexibility index (Phi) is 8.06. The first-order valence-electron chi connectivity index (χ1n) is 8.56. The van der Waals surface area contributed by atoms with Crippen molar-refractivity contribution in [2.24, 2.45) is 0 Å². The predicted molar refractivity (Wildman–Crippen MR) is 98.1 cm³/mol. The van der Waals surface area contributed by atoms with Gasteiger partial charge in [-0.1, -0.05) is 17.7 Å². The van der Waals surface area contributed by atoms with Crippen LogP contribution in [0.2, 0.25) is 5.02 Å². The average molecular weight is 354 g/mol. The van der Waals surface area contributed by atoms with Crippen LogP contribution in [0.15, 0.2) is 30.9 Å². The van der Waals surface area contributed by atoms with Gasteiger partial charge in [0, 0.05) is 24.7 Å². The topological polar surface area (TPSA) is 30.9 Å². The van der Waals surface area contributed by atoms with Crippen LogP contribution in [0.5, 0.6) is 5.75 Å². The molecule has 1 aliphatic rings. The lowest BCUT2D eigenvalue weighted by Gasteiger charge is -2.35. The largest absolute Gasteiger partial charge is 0.491 e. The first-order valence-corrected chi connectivity index (χ1v) is 8.94. The molecule has 0 N–H and O–H groups in total. The van der Waals surface area contributed by atoms with Crippen LogP contribution in [0.3, 0.4) is 0 Å². The summed E-state index contributed by atoms with van der Waals surface area (Å²) in [5.41, 5.74) is 1.05. The summed E-state index contributed by atoms with van der Waals surface area (Å²) in [5, 5.41) is 0.712. The van der Waals surface area contributed by atoms with Crippen molar-refractivity contribution < 1.29 is 14.2 Å². The van der Waals surface area contributed by atoms with Gasteiger partial charge >= 0.3 is 0 Å². The molecule has 1 aromatic carbocycles. The highest BCUT2D eigenvalue weighted by atomic mass is 35.5. The van der Waals surface area contributed by atoms with Gasteiger partial charge in [0.05, 0.1) is 25.4 Å². The van der Waals surface area contributed by atoms with Gasteiger partial charge in [-0.25, -0.2) is 0 Å². The fourth-order valence-electron chi connectivity index (χ4n) is 2.98. The first kappa shape index (κ1) is 19.3. The molecule has 24 heavy (non-hydrogen) atoms. The van der Waals surface area contributed by atoms with E-state index in [0.29, 0.717) is 37.1 Å². The van der Waals surface area contributed by atoms with Crippen molar-refractivity contribution in [3.63, 3.8) is 0 Å². The molecule has 2 rings (SSSR count).